The zero-order chi connectivity index (χ0) is 13.0. The van der Waals surface area contributed by atoms with Gasteiger partial charge in [-0.25, -0.2) is 4.98 Å². The summed E-state index contributed by atoms with van der Waals surface area (Å²) >= 11 is 0. The Bertz CT molecular complexity index is 366. The Balaban J connectivity index is 1.84. The van der Waals surface area contributed by atoms with Crippen molar-refractivity contribution in [2.75, 3.05) is 32.8 Å². The van der Waals surface area contributed by atoms with E-state index in [4.69, 9.17) is 5.11 Å². The molecule has 102 valence electrons. The molecular formula is C13H24N4O. The number of piperazine rings is 1. The van der Waals surface area contributed by atoms with Crippen LogP contribution < -0.4 is 0 Å². The number of hydrogen-bond acceptors (Lipinski definition) is 4. The molecule has 5 nitrogen and oxygen atoms in total. The predicted molar refractivity (Wildman–Crippen MR) is 71.2 cm³/mol. The normalized spacial score (nSPS) is 22.5. The fraction of sp³-hybridized carbons (Fsp3) is 0.769. The van der Waals surface area contributed by atoms with Crippen molar-refractivity contribution in [1.29, 1.82) is 0 Å². The minimum atomic E-state index is 0.294. The van der Waals surface area contributed by atoms with Gasteiger partial charge in [0.05, 0.1) is 6.54 Å². The summed E-state index contributed by atoms with van der Waals surface area (Å²) in [7, 11) is 2.05. The van der Waals surface area contributed by atoms with E-state index in [1.165, 1.54) is 0 Å². The third kappa shape index (κ3) is 3.31. The van der Waals surface area contributed by atoms with Crippen LogP contribution in [-0.2, 0) is 13.6 Å². The van der Waals surface area contributed by atoms with E-state index in [0.717, 1.165) is 45.0 Å². The first-order chi connectivity index (χ1) is 8.70. The molecule has 0 saturated carbocycles. The minimum absolute atomic E-state index is 0.294. The molecule has 0 radical (unpaired) electrons. The van der Waals surface area contributed by atoms with Gasteiger partial charge in [-0.1, -0.05) is 0 Å². The number of nitrogens with zero attached hydrogens (tertiary/aromatic N) is 4. The van der Waals surface area contributed by atoms with Crippen LogP contribution in [0.1, 0.15) is 19.2 Å². The Morgan fingerprint density at radius 2 is 2.28 bits per heavy atom. The minimum Gasteiger partial charge on any atom is -0.396 e. The van der Waals surface area contributed by atoms with Crippen LogP contribution in [0.3, 0.4) is 0 Å². The maximum Gasteiger partial charge on any atom is 0.122 e. The van der Waals surface area contributed by atoms with Crippen molar-refractivity contribution >= 4 is 0 Å². The smallest absolute Gasteiger partial charge is 0.122 e. The van der Waals surface area contributed by atoms with Crippen molar-refractivity contribution < 1.29 is 5.11 Å². The molecule has 1 fully saturated rings. The number of aliphatic hydroxyl groups excluding tert-OH is 1. The van der Waals surface area contributed by atoms with Gasteiger partial charge in [0.1, 0.15) is 5.82 Å². The van der Waals surface area contributed by atoms with Crippen molar-refractivity contribution in [2.45, 2.75) is 25.9 Å². The van der Waals surface area contributed by atoms with Crippen LogP contribution in [0.2, 0.25) is 0 Å². The SMILES string of the molecule is C[C@H]1CN(CCCO)CCN1Cc1nccn1C. The summed E-state index contributed by atoms with van der Waals surface area (Å²) in [5.74, 6) is 1.13. The Hall–Kier alpha value is -0.910. The zero-order valence-electron chi connectivity index (χ0n) is 11.4. The number of aromatic nitrogens is 2. The van der Waals surface area contributed by atoms with Gasteiger partial charge in [0.15, 0.2) is 0 Å². The fourth-order valence-electron chi connectivity index (χ4n) is 2.53. The predicted octanol–water partition coefficient (Wildman–Crippen LogP) is 0.309. The van der Waals surface area contributed by atoms with Crippen molar-refractivity contribution in [1.82, 2.24) is 19.4 Å². The molecule has 0 aliphatic carbocycles. The lowest BCUT2D eigenvalue weighted by Gasteiger charge is -2.39. The topological polar surface area (TPSA) is 44.5 Å². The number of hydrogen-bond donors (Lipinski definition) is 1. The summed E-state index contributed by atoms with van der Waals surface area (Å²) < 4.78 is 2.09. The van der Waals surface area contributed by atoms with Crippen LogP contribution >= 0.6 is 0 Å². The van der Waals surface area contributed by atoms with E-state index in [2.05, 4.69) is 26.3 Å². The standard InChI is InChI=1S/C13H24N4O/c1-12-10-16(5-3-9-18)7-8-17(12)11-13-14-4-6-15(13)2/h4,6,12,18H,3,5,7-11H2,1-2H3/t12-/m0/s1. The first-order valence-electron chi connectivity index (χ1n) is 6.74. The molecule has 1 aromatic rings. The summed E-state index contributed by atoms with van der Waals surface area (Å²) in [6.07, 6.45) is 4.74. The number of aryl methyl sites for hydroxylation is 1. The van der Waals surface area contributed by atoms with Crippen molar-refractivity contribution in [2.24, 2.45) is 7.05 Å². The highest BCUT2D eigenvalue weighted by atomic mass is 16.3. The molecule has 0 unspecified atom stereocenters. The molecule has 1 aliphatic heterocycles. The zero-order valence-corrected chi connectivity index (χ0v) is 11.4. The molecule has 2 heterocycles. The van der Waals surface area contributed by atoms with Crippen LogP contribution in [0.25, 0.3) is 0 Å². The van der Waals surface area contributed by atoms with Crippen molar-refractivity contribution in [3.8, 4) is 0 Å². The lowest BCUT2D eigenvalue weighted by Crippen LogP contribution is -2.51. The average Bonchev–Trinajstić information content (AvgIpc) is 2.75. The van der Waals surface area contributed by atoms with E-state index in [0.29, 0.717) is 12.6 Å². The van der Waals surface area contributed by atoms with Crippen LogP contribution in [-0.4, -0.2) is 63.3 Å². The lowest BCUT2D eigenvalue weighted by molar-refractivity contribution is 0.0711. The van der Waals surface area contributed by atoms with Crippen molar-refractivity contribution in [3.05, 3.63) is 18.2 Å². The van der Waals surface area contributed by atoms with Gasteiger partial charge in [-0.05, 0) is 13.3 Å². The molecule has 0 amide bonds. The van der Waals surface area contributed by atoms with Gasteiger partial charge >= 0.3 is 0 Å². The van der Waals surface area contributed by atoms with E-state index in [-0.39, 0.29) is 0 Å². The Labute approximate surface area is 109 Å². The van der Waals surface area contributed by atoms with Crippen LogP contribution in [0.15, 0.2) is 12.4 Å². The molecule has 5 heteroatoms. The quantitative estimate of drug-likeness (QED) is 0.819. The van der Waals surface area contributed by atoms with Crippen LogP contribution in [0.4, 0.5) is 0 Å². The molecule has 1 atom stereocenters. The van der Waals surface area contributed by atoms with Gasteiger partial charge in [0.2, 0.25) is 0 Å². The molecule has 1 N–H and O–H groups in total. The van der Waals surface area contributed by atoms with Gasteiger partial charge in [-0.2, -0.15) is 0 Å². The summed E-state index contributed by atoms with van der Waals surface area (Å²) in [4.78, 5) is 9.31. The van der Waals surface area contributed by atoms with Gasteiger partial charge in [0, 0.05) is 58.3 Å². The Morgan fingerprint density at radius 1 is 1.44 bits per heavy atom. The molecule has 1 aliphatic rings. The maximum absolute atomic E-state index is 8.87. The maximum atomic E-state index is 8.87. The second kappa shape index (κ2) is 6.31. The third-order valence-electron chi connectivity index (χ3n) is 3.75. The molecule has 0 aromatic carbocycles. The van der Waals surface area contributed by atoms with E-state index < -0.39 is 0 Å². The number of aliphatic hydroxyl groups is 1. The molecule has 0 bridgehead atoms. The molecule has 18 heavy (non-hydrogen) atoms. The lowest BCUT2D eigenvalue weighted by atomic mass is 10.2. The average molecular weight is 252 g/mol. The van der Waals surface area contributed by atoms with Gasteiger partial charge in [-0.15, -0.1) is 0 Å². The number of imidazole rings is 1. The van der Waals surface area contributed by atoms with Gasteiger partial charge < -0.3 is 14.6 Å². The van der Waals surface area contributed by atoms with E-state index in [9.17, 15) is 0 Å². The first-order valence-corrected chi connectivity index (χ1v) is 6.74. The fourth-order valence-corrected chi connectivity index (χ4v) is 2.53. The summed E-state index contributed by atoms with van der Waals surface area (Å²) in [5.41, 5.74) is 0. The Morgan fingerprint density at radius 3 is 2.89 bits per heavy atom. The van der Waals surface area contributed by atoms with E-state index >= 15 is 0 Å². The second-order valence-corrected chi connectivity index (χ2v) is 5.15. The third-order valence-corrected chi connectivity index (χ3v) is 3.75. The largest absolute Gasteiger partial charge is 0.396 e. The highest BCUT2D eigenvalue weighted by molar-refractivity contribution is 4.93. The molecule has 2 rings (SSSR count). The summed E-state index contributed by atoms with van der Waals surface area (Å²) in [5, 5.41) is 8.87. The van der Waals surface area contributed by atoms with Gasteiger partial charge in [-0.3, -0.25) is 4.90 Å². The molecule has 1 aromatic heterocycles. The second-order valence-electron chi connectivity index (χ2n) is 5.15. The monoisotopic (exact) mass is 252 g/mol. The molecular weight excluding hydrogens is 228 g/mol. The Kier molecular flexibility index (Phi) is 4.74. The van der Waals surface area contributed by atoms with E-state index in [1.54, 1.807) is 0 Å². The highest BCUT2D eigenvalue weighted by Crippen LogP contribution is 2.12. The summed E-state index contributed by atoms with van der Waals surface area (Å²) in [6.45, 7) is 7.77. The molecule has 0 spiro atoms. The van der Waals surface area contributed by atoms with Crippen LogP contribution in [0.5, 0.6) is 0 Å². The first kappa shape index (κ1) is 13.5. The highest BCUT2D eigenvalue weighted by Gasteiger charge is 2.23. The van der Waals surface area contributed by atoms with E-state index in [1.807, 2.05) is 19.4 Å². The molecule has 1 saturated heterocycles. The summed E-state index contributed by atoms with van der Waals surface area (Å²) in [6, 6.07) is 0.550. The van der Waals surface area contributed by atoms with Crippen LogP contribution in [0, 0.1) is 0 Å². The van der Waals surface area contributed by atoms with Gasteiger partial charge in [0.25, 0.3) is 0 Å². The van der Waals surface area contributed by atoms with Crippen molar-refractivity contribution in [3.63, 3.8) is 0 Å². The number of rotatable bonds is 5.